The van der Waals surface area contributed by atoms with Gasteiger partial charge in [0.1, 0.15) is 23.1 Å². The molecule has 0 aromatic rings. The van der Waals surface area contributed by atoms with Gasteiger partial charge in [-0.05, 0) is 73.5 Å². The van der Waals surface area contributed by atoms with Crippen molar-refractivity contribution < 1.29 is 38.1 Å². The predicted octanol–water partition coefficient (Wildman–Crippen LogP) is 9.57. The Labute approximate surface area is 301 Å². The Bertz CT molecular complexity index is 822. The molecule has 0 aliphatic carbocycles. The van der Waals surface area contributed by atoms with Crippen LogP contribution in [0.15, 0.2) is 0 Å². The number of ketones is 4. The van der Waals surface area contributed by atoms with Crippen LogP contribution in [0.3, 0.4) is 0 Å². The molecule has 0 rings (SSSR count). The Morgan fingerprint density at radius 3 is 1.35 bits per heavy atom. The van der Waals surface area contributed by atoms with Gasteiger partial charge in [-0.1, -0.05) is 76.2 Å². The maximum absolute atomic E-state index is 11.8. The lowest BCUT2D eigenvalue weighted by Crippen LogP contribution is -2.15. The molecule has 0 aliphatic rings. The minimum Gasteiger partial charge on any atom is -0.381 e. The first-order chi connectivity index (χ1) is 22.7. The lowest BCUT2D eigenvalue weighted by Gasteiger charge is -2.17. The first-order valence-electron chi connectivity index (χ1n) is 19.1. The van der Waals surface area contributed by atoms with E-state index in [-0.39, 0.29) is 46.8 Å². The van der Waals surface area contributed by atoms with Crippen molar-refractivity contribution in [3.8, 4) is 0 Å². The zero-order chi connectivity index (χ0) is 37.8. The molecule has 0 aromatic carbocycles. The van der Waals surface area contributed by atoms with E-state index >= 15 is 0 Å². The summed E-state index contributed by atoms with van der Waals surface area (Å²) >= 11 is 0. The molecule has 0 fully saturated rings. The second-order valence-corrected chi connectivity index (χ2v) is 17.5. The van der Waals surface area contributed by atoms with Crippen LogP contribution >= 0.6 is 0 Å². The third-order valence-electron chi connectivity index (χ3n) is 7.38. The highest BCUT2D eigenvalue weighted by molar-refractivity contribution is 5.99. The van der Waals surface area contributed by atoms with E-state index in [0.29, 0.717) is 82.9 Å². The minimum absolute atomic E-state index is 0.00944. The van der Waals surface area contributed by atoms with Gasteiger partial charge >= 0.3 is 0 Å². The summed E-state index contributed by atoms with van der Waals surface area (Å²) in [6.45, 7) is 29.1. The largest absolute Gasteiger partial charge is 0.381 e. The quantitative estimate of drug-likeness (QED) is 0.0562. The summed E-state index contributed by atoms with van der Waals surface area (Å²) in [6, 6.07) is 0. The number of ether oxygens (including phenoxy) is 4. The first-order valence-corrected chi connectivity index (χ1v) is 19.1. The molecular weight excluding hydrogens is 620 g/mol. The highest BCUT2D eigenvalue weighted by Gasteiger charge is 2.13. The monoisotopic (exact) mass is 699 g/mol. The number of hydrogen-bond donors (Lipinski definition) is 0. The molecule has 0 aromatic heterocycles. The van der Waals surface area contributed by atoms with E-state index in [0.717, 1.165) is 58.3 Å². The summed E-state index contributed by atoms with van der Waals surface area (Å²) in [7, 11) is 0. The topological polar surface area (TPSA) is 105 Å². The van der Waals surface area contributed by atoms with Crippen molar-refractivity contribution in [1.82, 2.24) is 0 Å². The Morgan fingerprint density at radius 2 is 0.857 bits per heavy atom. The van der Waals surface area contributed by atoms with E-state index in [1.165, 1.54) is 0 Å². The molecule has 8 heteroatoms. The fraction of sp³-hybridized carbons (Fsp3) is 0.902. The summed E-state index contributed by atoms with van der Waals surface area (Å²) in [5.74, 6) is 0.723. The molecule has 0 radical (unpaired) electrons. The molecule has 290 valence electrons. The number of carbonyl (C=O) groups excluding carboxylic acids is 4. The minimum atomic E-state index is -0.00944. The van der Waals surface area contributed by atoms with Crippen molar-refractivity contribution >= 4 is 23.1 Å². The van der Waals surface area contributed by atoms with Crippen LogP contribution in [0, 0.1) is 22.2 Å². The third-order valence-corrected chi connectivity index (χ3v) is 7.38. The van der Waals surface area contributed by atoms with Crippen molar-refractivity contribution in [3.63, 3.8) is 0 Å². The second kappa shape index (κ2) is 29.1. The molecule has 8 nitrogen and oxygen atoms in total. The van der Waals surface area contributed by atoms with E-state index in [1.807, 2.05) is 0 Å². The van der Waals surface area contributed by atoms with Gasteiger partial charge in [-0.3, -0.25) is 19.2 Å². The zero-order valence-corrected chi connectivity index (χ0v) is 33.9. The van der Waals surface area contributed by atoms with Crippen LogP contribution in [-0.2, 0) is 38.1 Å². The fourth-order valence-corrected chi connectivity index (χ4v) is 4.33. The molecule has 0 saturated carbocycles. The van der Waals surface area contributed by atoms with Gasteiger partial charge < -0.3 is 18.9 Å². The van der Waals surface area contributed by atoms with Crippen molar-refractivity contribution in [2.24, 2.45) is 22.2 Å². The summed E-state index contributed by atoms with van der Waals surface area (Å²) in [5, 5.41) is 0. The molecule has 0 bridgehead atoms. The molecule has 0 aliphatic heterocycles. The molecule has 0 saturated heterocycles. The van der Waals surface area contributed by atoms with Crippen molar-refractivity contribution in [3.05, 3.63) is 0 Å². The molecule has 49 heavy (non-hydrogen) atoms. The number of unbranched alkanes of at least 4 members (excludes halogenated alkanes) is 1. The summed E-state index contributed by atoms with van der Waals surface area (Å²) in [4.78, 5) is 47.0. The highest BCUT2D eigenvalue weighted by Crippen LogP contribution is 2.20. The Hall–Kier alpha value is -1.48. The lowest BCUT2D eigenvalue weighted by atomic mass is 9.91. The number of hydrogen-bond acceptors (Lipinski definition) is 8. The highest BCUT2D eigenvalue weighted by atomic mass is 16.5. The first kappa shape index (κ1) is 49.6. The molecule has 0 atom stereocenters. The van der Waals surface area contributed by atoms with Gasteiger partial charge in [0.05, 0.1) is 26.1 Å². The molecule has 0 heterocycles. The average Bonchev–Trinajstić information content (AvgIpc) is 2.94. The van der Waals surface area contributed by atoms with Crippen molar-refractivity contribution in [2.75, 3.05) is 52.9 Å². The molecule has 0 spiro atoms. The van der Waals surface area contributed by atoms with E-state index in [2.05, 4.69) is 76.2 Å². The SMILES string of the molecule is CC(C)(C)CCCOCCC(=O)CC(=O)CCCCOCC(C)(C)C.CC(C)CCOCCCC(=O)CC(=O)CCCOCCC(C)(C)C. The Morgan fingerprint density at radius 1 is 0.429 bits per heavy atom. The standard InChI is InChI=1S/C21H40O4.C20H38O4/c1-20(2,3)12-9-14-24-15-11-19(23)16-18(22)10-7-8-13-25-17-21(4,5)6;1-17(2)10-14-23-12-6-8-18(21)16-19(22)9-7-13-24-15-11-20(3,4)5/h7-17H2,1-6H3;17H,6-16H2,1-5H3. The Kier molecular flexibility index (Phi) is 29.5. The number of rotatable bonds is 29. The smallest absolute Gasteiger partial charge is 0.142 e. The number of carbonyl (C=O) groups is 4. The van der Waals surface area contributed by atoms with Crippen LogP contribution in [0.1, 0.15) is 166 Å². The van der Waals surface area contributed by atoms with Gasteiger partial charge in [0.25, 0.3) is 0 Å². The summed E-state index contributed by atoms with van der Waals surface area (Å²) in [5.41, 5.74) is 0.779. The van der Waals surface area contributed by atoms with Gasteiger partial charge in [0.15, 0.2) is 0 Å². The molecular formula is C41H78O8. The number of Topliss-reactive ketones (excluding diaryl/α,β-unsaturated/α-hetero) is 4. The van der Waals surface area contributed by atoms with E-state index in [1.54, 1.807) is 0 Å². The molecule has 0 N–H and O–H groups in total. The van der Waals surface area contributed by atoms with Gasteiger partial charge in [0, 0.05) is 65.3 Å². The van der Waals surface area contributed by atoms with Crippen LogP contribution in [0.4, 0.5) is 0 Å². The van der Waals surface area contributed by atoms with Crippen LogP contribution in [-0.4, -0.2) is 76.0 Å². The average molecular weight is 699 g/mol. The fourth-order valence-electron chi connectivity index (χ4n) is 4.33. The van der Waals surface area contributed by atoms with E-state index in [4.69, 9.17) is 18.9 Å². The molecule has 0 unspecified atom stereocenters. The van der Waals surface area contributed by atoms with E-state index in [9.17, 15) is 19.2 Å². The van der Waals surface area contributed by atoms with Crippen molar-refractivity contribution in [2.45, 2.75) is 166 Å². The summed E-state index contributed by atoms with van der Waals surface area (Å²) < 4.78 is 22.1. The lowest BCUT2D eigenvalue weighted by molar-refractivity contribution is -0.129. The zero-order valence-electron chi connectivity index (χ0n) is 33.9. The van der Waals surface area contributed by atoms with Crippen LogP contribution in [0.2, 0.25) is 0 Å². The molecule has 0 amide bonds. The van der Waals surface area contributed by atoms with Crippen molar-refractivity contribution in [1.29, 1.82) is 0 Å². The maximum atomic E-state index is 11.8. The normalized spacial score (nSPS) is 12.2. The van der Waals surface area contributed by atoms with Gasteiger partial charge in [-0.2, -0.15) is 0 Å². The van der Waals surface area contributed by atoms with Gasteiger partial charge in [-0.25, -0.2) is 0 Å². The van der Waals surface area contributed by atoms with Crippen LogP contribution < -0.4 is 0 Å². The van der Waals surface area contributed by atoms with Gasteiger partial charge in [0.2, 0.25) is 0 Å². The van der Waals surface area contributed by atoms with E-state index < -0.39 is 0 Å². The predicted molar refractivity (Wildman–Crippen MR) is 201 cm³/mol. The second-order valence-electron chi connectivity index (χ2n) is 17.5. The Balaban J connectivity index is 0. The maximum Gasteiger partial charge on any atom is 0.142 e. The van der Waals surface area contributed by atoms with Crippen LogP contribution in [0.25, 0.3) is 0 Å². The van der Waals surface area contributed by atoms with Gasteiger partial charge in [-0.15, -0.1) is 0 Å². The van der Waals surface area contributed by atoms with Crippen LogP contribution in [0.5, 0.6) is 0 Å². The summed E-state index contributed by atoms with van der Waals surface area (Å²) in [6.07, 6.45) is 9.05. The third kappa shape index (κ3) is 44.5.